The second kappa shape index (κ2) is 7.24. The van der Waals surface area contributed by atoms with Crippen LogP contribution < -0.4 is 9.46 Å². The third-order valence-corrected chi connectivity index (χ3v) is 5.15. The molecule has 5 nitrogen and oxygen atoms in total. The van der Waals surface area contributed by atoms with Crippen LogP contribution in [0.5, 0.6) is 5.75 Å². The fourth-order valence-corrected chi connectivity index (χ4v) is 3.75. The smallest absolute Gasteiger partial charge is 0.240 e. The SMILES string of the molecule is CCCOc1ccc(S(=O)(=O)N[C@@H]2CCCC[C@H]2O)cc1. The fourth-order valence-electron chi connectivity index (χ4n) is 2.45. The highest BCUT2D eigenvalue weighted by molar-refractivity contribution is 7.89. The van der Waals surface area contributed by atoms with E-state index < -0.39 is 16.1 Å². The van der Waals surface area contributed by atoms with Gasteiger partial charge in [0.1, 0.15) is 5.75 Å². The van der Waals surface area contributed by atoms with Crippen molar-refractivity contribution in [1.82, 2.24) is 4.72 Å². The van der Waals surface area contributed by atoms with Gasteiger partial charge in [-0.1, -0.05) is 19.8 Å². The summed E-state index contributed by atoms with van der Waals surface area (Å²) in [6, 6.07) is 5.98. The van der Waals surface area contributed by atoms with Gasteiger partial charge in [-0.3, -0.25) is 0 Å². The van der Waals surface area contributed by atoms with Gasteiger partial charge in [-0.25, -0.2) is 13.1 Å². The van der Waals surface area contributed by atoms with Gasteiger partial charge in [0.05, 0.1) is 17.6 Å². The molecule has 0 aliphatic heterocycles. The van der Waals surface area contributed by atoms with Crippen molar-refractivity contribution in [2.75, 3.05) is 6.61 Å². The van der Waals surface area contributed by atoms with Crippen molar-refractivity contribution >= 4 is 10.0 Å². The van der Waals surface area contributed by atoms with Crippen molar-refractivity contribution in [1.29, 1.82) is 0 Å². The lowest BCUT2D eigenvalue weighted by Crippen LogP contribution is -2.44. The third kappa shape index (κ3) is 4.43. The van der Waals surface area contributed by atoms with E-state index in [1.54, 1.807) is 12.1 Å². The maximum Gasteiger partial charge on any atom is 0.240 e. The molecule has 0 unspecified atom stereocenters. The molecule has 1 aromatic carbocycles. The summed E-state index contributed by atoms with van der Waals surface area (Å²) in [5, 5.41) is 9.87. The van der Waals surface area contributed by atoms with Gasteiger partial charge in [-0.2, -0.15) is 0 Å². The molecule has 0 aromatic heterocycles. The first kappa shape index (κ1) is 16.3. The van der Waals surface area contributed by atoms with E-state index in [1.807, 2.05) is 6.92 Å². The number of nitrogens with one attached hydrogen (secondary N) is 1. The van der Waals surface area contributed by atoms with Crippen LogP contribution in [0.15, 0.2) is 29.2 Å². The number of hydrogen-bond acceptors (Lipinski definition) is 4. The average Bonchev–Trinajstić information content (AvgIpc) is 2.48. The van der Waals surface area contributed by atoms with E-state index in [2.05, 4.69) is 4.72 Å². The first-order chi connectivity index (χ1) is 10.0. The van der Waals surface area contributed by atoms with E-state index in [4.69, 9.17) is 4.74 Å². The second-order valence-electron chi connectivity index (χ2n) is 5.40. The molecule has 21 heavy (non-hydrogen) atoms. The Kier molecular flexibility index (Phi) is 5.61. The third-order valence-electron chi connectivity index (χ3n) is 3.64. The van der Waals surface area contributed by atoms with Crippen molar-refractivity contribution < 1.29 is 18.3 Å². The molecule has 1 saturated carbocycles. The van der Waals surface area contributed by atoms with Gasteiger partial charge in [0.15, 0.2) is 0 Å². The highest BCUT2D eigenvalue weighted by atomic mass is 32.2. The molecule has 1 aliphatic rings. The molecule has 0 heterocycles. The first-order valence-corrected chi connectivity index (χ1v) is 8.94. The van der Waals surface area contributed by atoms with E-state index in [-0.39, 0.29) is 10.9 Å². The van der Waals surface area contributed by atoms with Crippen LogP contribution in [0.2, 0.25) is 0 Å². The van der Waals surface area contributed by atoms with Gasteiger partial charge in [0.25, 0.3) is 0 Å². The minimum atomic E-state index is -3.60. The molecular weight excluding hydrogens is 290 g/mol. The molecule has 118 valence electrons. The topological polar surface area (TPSA) is 75.6 Å². The number of benzene rings is 1. The van der Waals surface area contributed by atoms with E-state index in [0.29, 0.717) is 25.2 Å². The van der Waals surface area contributed by atoms with Crippen molar-refractivity contribution in [3.63, 3.8) is 0 Å². The Bertz CT molecular complexity index is 541. The van der Waals surface area contributed by atoms with Gasteiger partial charge in [-0.15, -0.1) is 0 Å². The van der Waals surface area contributed by atoms with Crippen molar-refractivity contribution in [2.45, 2.75) is 56.1 Å². The zero-order valence-corrected chi connectivity index (χ0v) is 13.1. The molecule has 6 heteroatoms. The quantitative estimate of drug-likeness (QED) is 0.843. The number of ether oxygens (including phenoxy) is 1. The standard InChI is InChI=1S/C15H23NO4S/c1-2-11-20-12-7-9-13(10-8-12)21(18,19)16-14-5-3-4-6-15(14)17/h7-10,14-17H,2-6,11H2,1H3/t14-,15-/m1/s1. The minimum Gasteiger partial charge on any atom is -0.494 e. The Balaban J connectivity index is 2.04. The van der Waals surface area contributed by atoms with Crippen LogP contribution in [-0.4, -0.2) is 32.3 Å². The number of aliphatic hydroxyl groups is 1. The normalized spacial score (nSPS) is 23.0. The predicted octanol–water partition coefficient (Wildman–Crippen LogP) is 2.06. The highest BCUT2D eigenvalue weighted by Gasteiger charge is 2.28. The van der Waals surface area contributed by atoms with Crippen molar-refractivity contribution in [3.05, 3.63) is 24.3 Å². The summed E-state index contributed by atoms with van der Waals surface area (Å²) in [5.74, 6) is 0.661. The van der Waals surface area contributed by atoms with E-state index in [0.717, 1.165) is 19.3 Å². The van der Waals surface area contributed by atoms with Gasteiger partial charge in [0.2, 0.25) is 10.0 Å². The van der Waals surface area contributed by atoms with Gasteiger partial charge in [0, 0.05) is 6.04 Å². The summed E-state index contributed by atoms with van der Waals surface area (Å²) < 4.78 is 32.7. The second-order valence-corrected chi connectivity index (χ2v) is 7.11. The number of sulfonamides is 1. The highest BCUT2D eigenvalue weighted by Crippen LogP contribution is 2.21. The van der Waals surface area contributed by atoms with Crippen LogP contribution in [0, 0.1) is 0 Å². The molecule has 0 bridgehead atoms. The lowest BCUT2D eigenvalue weighted by Gasteiger charge is -2.28. The van der Waals surface area contributed by atoms with Crippen molar-refractivity contribution in [2.24, 2.45) is 0 Å². The average molecular weight is 313 g/mol. The number of aliphatic hydroxyl groups excluding tert-OH is 1. The van der Waals surface area contributed by atoms with Crippen molar-refractivity contribution in [3.8, 4) is 5.75 Å². The molecule has 0 amide bonds. The Morgan fingerprint density at radius 1 is 1.24 bits per heavy atom. The molecule has 0 saturated heterocycles. The Morgan fingerprint density at radius 3 is 2.52 bits per heavy atom. The largest absolute Gasteiger partial charge is 0.494 e. The van der Waals surface area contributed by atoms with Crippen LogP contribution in [-0.2, 0) is 10.0 Å². The zero-order chi connectivity index (χ0) is 15.3. The molecule has 1 aromatic rings. The van der Waals surface area contributed by atoms with Gasteiger partial charge in [-0.05, 0) is 43.5 Å². The number of hydrogen-bond donors (Lipinski definition) is 2. The van der Waals surface area contributed by atoms with E-state index in [1.165, 1.54) is 12.1 Å². The maximum absolute atomic E-state index is 12.3. The molecule has 0 radical (unpaired) electrons. The monoisotopic (exact) mass is 313 g/mol. The molecule has 1 fully saturated rings. The Labute approximate surface area is 126 Å². The van der Waals surface area contributed by atoms with Gasteiger partial charge < -0.3 is 9.84 Å². The molecule has 2 rings (SSSR count). The van der Waals surface area contributed by atoms with Crippen LogP contribution in [0.25, 0.3) is 0 Å². The summed E-state index contributed by atoms with van der Waals surface area (Å²) in [6.45, 7) is 2.62. The van der Waals surface area contributed by atoms with Crippen LogP contribution >= 0.6 is 0 Å². The summed E-state index contributed by atoms with van der Waals surface area (Å²) >= 11 is 0. The number of rotatable bonds is 6. The van der Waals surface area contributed by atoms with Crippen LogP contribution in [0.1, 0.15) is 39.0 Å². The summed E-state index contributed by atoms with van der Waals surface area (Å²) in [5.41, 5.74) is 0. The summed E-state index contributed by atoms with van der Waals surface area (Å²) in [4.78, 5) is 0.198. The zero-order valence-electron chi connectivity index (χ0n) is 12.3. The lowest BCUT2D eigenvalue weighted by molar-refractivity contribution is 0.101. The molecule has 0 spiro atoms. The summed E-state index contributed by atoms with van der Waals surface area (Å²) in [6.07, 6.45) is 3.52. The predicted molar refractivity (Wildman–Crippen MR) is 80.8 cm³/mol. The molecule has 2 atom stereocenters. The Hall–Kier alpha value is -1.11. The van der Waals surface area contributed by atoms with E-state index >= 15 is 0 Å². The molecular formula is C15H23NO4S. The summed E-state index contributed by atoms with van der Waals surface area (Å²) in [7, 11) is -3.60. The van der Waals surface area contributed by atoms with E-state index in [9.17, 15) is 13.5 Å². The molecule has 2 N–H and O–H groups in total. The molecule has 1 aliphatic carbocycles. The first-order valence-electron chi connectivity index (χ1n) is 7.46. The van der Waals surface area contributed by atoms with Crippen LogP contribution in [0.3, 0.4) is 0 Å². The van der Waals surface area contributed by atoms with Gasteiger partial charge >= 0.3 is 0 Å². The van der Waals surface area contributed by atoms with Crippen LogP contribution in [0.4, 0.5) is 0 Å². The Morgan fingerprint density at radius 2 is 1.90 bits per heavy atom. The fraction of sp³-hybridized carbons (Fsp3) is 0.600. The minimum absolute atomic E-state index is 0.198. The maximum atomic E-state index is 12.3. The lowest BCUT2D eigenvalue weighted by atomic mass is 9.93.